The molecule has 1 unspecified atom stereocenters. The van der Waals surface area contributed by atoms with Crippen molar-refractivity contribution in [3.63, 3.8) is 0 Å². The summed E-state index contributed by atoms with van der Waals surface area (Å²) in [5, 5.41) is 3.92. The van der Waals surface area contributed by atoms with Crippen LogP contribution in [-0.4, -0.2) is 33.3 Å². The van der Waals surface area contributed by atoms with Gasteiger partial charge in [0.15, 0.2) is 5.78 Å². The number of sulfonamides is 1. The molecule has 0 fully saturated rings. The van der Waals surface area contributed by atoms with E-state index in [1.54, 1.807) is 12.1 Å². The Morgan fingerprint density at radius 1 is 1.32 bits per heavy atom. The first-order valence-corrected chi connectivity index (χ1v) is 7.60. The number of ketones is 1. The van der Waals surface area contributed by atoms with Crippen molar-refractivity contribution in [3.8, 4) is 0 Å². The van der Waals surface area contributed by atoms with Gasteiger partial charge in [-0.1, -0.05) is 24.6 Å². The van der Waals surface area contributed by atoms with E-state index in [-0.39, 0.29) is 17.2 Å². The fraction of sp³-hybridized carbons (Fsp3) is 0.462. The second-order valence-corrected chi connectivity index (χ2v) is 6.03. The highest BCUT2D eigenvalue weighted by Crippen LogP contribution is 2.10. The van der Waals surface area contributed by atoms with Crippen molar-refractivity contribution in [2.75, 3.05) is 13.1 Å². The third kappa shape index (κ3) is 4.74. The van der Waals surface area contributed by atoms with Crippen molar-refractivity contribution in [1.29, 1.82) is 0 Å². The largest absolute Gasteiger partial charge is 0.296 e. The van der Waals surface area contributed by atoms with E-state index in [2.05, 4.69) is 10.0 Å². The number of Topliss-reactive ketones (excluding diaryl/α,β-unsaturated/α-hetero) is 1. The smallest absolute Gasteiger partial charge is 0.241 e. The van der Waals surface area contributed by atoms with Gasteiger partial charge in [0.05, 0.1) is 17.5 Å². The first-order chi connectivity index (χ1) is 8.86. The van der Waals surface area contributed by atoms with Gasteiger partial charge in [-0.05, 0) is 26.0 Å². The zero-order valence-corrected chi connectivity index (χ0v) is 12.2. The van der Waals surface area contributed by atoms with E-state index in [0.717, 1.165) is 5.56 Å². The first kappa shape index (κ1) is 15.8. The summed E-state index contributed by atoms with van der Waals surface area (Å²) in [6.45, 7) is 5.81. The Morgan fingerprint density at radius 3 is 2.42 bits per heavy atom. The van der Waals surface area contributed by atoms with Gasteiger partial charge in [-0.2, -0.15) is 0 Å². The summed E-state index contributed by atoms with van der Waals surface area (Å²) in [6.07, 6.45) is 0. The molecule has 5 nitrogen and oxygen atoms in total. The Hall–Kier alpha value is -1.24. The second-order valence-electron chi connectivity index (χ2n) is 4.32. The van der Waals surface area contributed by atoms with E-state index < -0.39 is 16.1 Å². The number of nitrogens with one attached hydrogen (secondary N) is 1. The number of rotatable bonds is 7. The zero-order valence-electron chi connectivity index (χ0n) is 11.4. The van der Waals surface area contributed by atoms with E-state index in [1.165, 1.54) is 19.1 Å². The van der Waals surface area contributed by atoms with E-state index >= 15 is 0 Å². The fourth-order valence-corrected chi connectivity index (χ4v) is 2.67. The molecule has 0 aliphatic rings. The van der Waals surface area contributed by atoms with Crippen LogP contribution in [-0.2, 0) is 14.8 Å². The monoisotopic (exact) mass is 283 g/mol. The maximum absolute atomic E-state index is 12.0. The maximum Gasteiger partial charge on any atom is 0.241 e. The summed E-state index contributed by atoms with van der Waals surface area (Å²) in [5.41, 5.74) is 0.977. The number of carbonyl (C=O) groups is 1. The van der Waals surface area contributed by atoms with Crippen LogP contribution in [0.1, 0.15) is 19.4 Å². The quantitative estimate of drug-likeness (QED) is 0.806. The molecule has 0 aliphatic carbocycles. The lowest BCUT2D eigenvalue weighted by Crippen LogP contribution is -2.41. The highest BCUT2D eigenvalue weighted by molar-refractivity contribution is 7.89. The van der Waals surface area contributed by atoms with E-state index in [1.807, 2.05) is 13.8 Å². The van der Waals surface area contributed by atoms with Gasteiger partial charge < -0.3 is 0 Å². The molecule has 1 N–H and O–H groups in total. The molecule has 0 spiro atoms. The molecule has 1 atom stereocenters. The molecule has 0 amide bonds. The van der Waals surface area contributed by atoms with Gasteiger partial charge in [-0.3, -0.25) is 4.79 Å². The summed E-state index contributed by atoms with van der Waals surface area (Å²) in [7, 11) is -3.66. The lowest BCUT2D eigenvalue weighted by atomic mass is 10.2. The number of hydrogen-bond acceptors (Lipinski definition) is 3. The average Bonchev–Trinajstić information content (AvgIpc) is 2.35. The minimum absolute atomic E-state index is 0.0358. The minimum atomic E-state index is -3.66. The van der Waals surface area contributed by atoms with E-state index in [0.29, 0.717) is 6.54 Å². The molecular formula is C13H19N2O3S. The van der Waals surface area contributed by atoms with E-state index in [9.17, 15) is 13.2 Å². The third-order valence-electron chi connectivity index (χ3n) is 2.64. The molecule has 1 aromatic carbocycles. The fourth-order valence-electron chi connectivity index (χ4n) is 1.44. The van der Waals surface area contributed by atoms with Crippen molar-refractivity contribution in [1.82, 2.24) is 10.0 Å². The number of benzene rings is 1. The number of nitrogens with zero attached hydrogens (tertiary/aromatic N) is 1. The van der Waals surface area contributed by atoms with Crippen molar-refractivity contribution in [2.45, 2.75) is 31.7 Å². The number of aryl methyl sites for hydroxylation is 1. The molecule has 1 aromatic rings. The van der Waals surface area contributed by atoms with Crippen LogP contribution >= 0.6 is 0 Å². The predicted molar refractivity (Wildman–Crippen MR) is 73.5 cm³/mol. The standard InChI is InChI=1S/C13H19N2O3S/c1-4-14-9-13(16)11(3)15-19(17,18)12-7-5-10(2)6-8-12/h5-8,11,15H,4,9H2,1-3H3. The molecule has 0 saturated carbocycles. The molecule has 6 heteroatoms. The van der Waals surface area contributed by atoms with Gasteiger partial charge in [0.25, 0.3) is 0 Å². The summed E-state index contributed by atoms with van der Waals surface area (Å²) >= 11 is 0. The second kappa shape index (κ2) is 6.79. The van der Waals surface area contributed by atoms with Crippen LogP contribution in [0.4, 0.5) is 0 Å². The molecular weight excluding hydrogens is 264 g/mol. The average molecular weight is 283 g/mol. The van der Waals surface area contributed by atoms with Gasteiger partial charge >= 0.3 is 0 Å². The first-order valence-electron chi connectivity index (χ1n) is 6.11. The Balaban J connectivity index is 2.74. The summed E-state index contributed by atoms with van der Waals surface area (Å²) in [4.78, 5) is 11.8. The lowest BCUT2D eigenvalue weighted by molar-refractivity contribution is -0.119. The Labute approximate surface area is 114 Å². The SMILES string of the molecule is CC[N]CC(=O)C(C)NS(=O)(=O)c1ccc(C)cc1. The highest BCUT2D eigenvalue weighted by atomic mass is 32.2. The van der Waals surface area contributed by atoms with E-state index in [4.69, 9.17) is 0 Å². The number of carbonyl (C=O) groups excluding carboxylic acids is 1. The summed E-state index contributed by atoms with van der Waals surface area (Å²) in [6, 6.07) is 5.69. The normalized spacial score (nSPS) is 13.2. The lowest BCUT2D eigenvalue weighted by Gasteiger charge is -2.13. The highest BCUT2D eigenvalue weighted by Gasteiger charge is 2.21. The van der Waals surface area contributed by atoms with Gasteiger partial charge in [-0.15, -0.1) is 0 Å². The van der Waals surface area contributed by atoms with Gasteiger partial charge in [0.1, 0.15) is 0 Å². The van der Waals surface area contributed by atoms with Gasteiger partial charge in [0, 0.05) is 6.54 Å². The van der Waals surface area contributed by atoms with Crippen molar-refractivity contribution in [3.05, 3.63) is 29.8 Å². The molecule has 0 saturated heterocycles. The molecule has 1 rings (SSSR count). The van der Waals surface area contributed by atoms with Gasteiger partial charge in [0.2, 0.25) is 10.0 Å². The van der Waals surface area contributed by atoms with Crippen LogP contribution in [0.15, 0.2) is 29.2 Å². The third-order valence-corrected chi connectivity index (χ3v) is 4.19. The van der Waals surface area contributed by atoms with Crippen LogP contribution in [0.2, 0.25) is 0 Å². The molecule has 105 valence electrons. The molecule has 0 aliphatic heterocycles. The molecule has 19 heavy (non-hydrogen) atoms. The molecule has 0 bridgehead atoms. The number of hydrogen-bond donors (Lipinski definition) is 1. The Morgan fingerprint density at radius 2 is 1.89 bits per heavy atom. The predicted octanol–water partition coefficient (Wildman–Crippen LogP) is 0.855. The number of likely N-dealkylation sites (N-methyl/N-ethyl adjacent to an activating group) is 1. The van der Waals surface area contributed by atoms with Crippen molar-refractivity contribution < 1.29 is 13.2 Å². The van der Waals surface area contributed by atoms with Crippen LogP contribution in [0.25, 0.3) is 0 Å². The van der Waals surface area contributed by atoms with Crippen LogP contribution in [0, 0.1) is 6.92 Å². The zero-order chi connectivity index (χ0) is 14.5. The molecule has 1 radical (unpaired) electrons. The summed E-state index contributed by atoms with van der Waals surface area (Å²) < 4.78 is 26.4. The van der Waals surface area contributed by atoms with Crippen LogP contribution < -0.4 is 10.0 Å². The topological polar surface area (TPSA) is 77.3 Å². The molecule has 0 aromatic heterocycles. The summed E-state index contributed by atoms with van der Waals surface area (Å²) in [5.74, 6) is -0.238. The van der Waals surface area contributed by atoms with Crippen LogP contribution in [0.5, 0.6) is 0 Å². The van der Waals surface area contributed by atoms with Crippen molar-refractivity contribution >= 4 is 15.8 Å². The minimum Gasteiger partial charge on any atom is -0.296 e. The maximum atomic E-state index is 12.0. The van der Waals surface area contributed by atoms with Crippen molar-refractivity contribution in [2.24, 2.45) is 0 Å². The Kier molecular flexibility index (Phi) is 5.65. The Bertz CT molecular complexity index is 523. The van der Waals surface area contributed by atoms with Crippen LogP contribution in [0.3, 0.4) is 0 Å². The molecule has 0 heterocycles. The van der Waals surface area contributed by atoms with Gasteiger partial charge in [-0.25, -0.2) is 18.5 Å².